The molecule has 0 fully saturated rings. The third-order valence-electron chi connectivity index (χ3n) is 5.39. The van der Waals surface area contributed by atoms with Gasteiger partial charge in [-0.25, -0.2) is 4.79 Å². The van der Waals surface area contributed by atoms with Crippen LogP contribution in [0.5, 0.6) is 5.88 Å². The number of para-hydroxylation sites is 1. The average molecular weight is 401 g/mol. The summed E-state index contributed by atoms with van der Waals surface area (Å²) in [5.41, 5.74) is 5.03. The monoisotopic (exact) mass is 401 g/mol. The van der Waals surface area contributed by atoms with Crippen LogP contribution in [0.15, 0.2) is 75.5 Å². The molecular formula is C22H19N5O3. The highest BCUT2D eigenvalue weighted by atomic mass is 16.3. The fraction of sp³-hybridized carbons (Fsp3) is 0.136. The van der Waals surface area contributed by atoms with Gasteiger partial charge in [0.05, 0.1) is 18.3 Å². The highest BCUT2D eigenvalue weighted by Gasteiger charge is 2.28. The molecule has 2 aromatic heterocycles. The van der Waals surface area contributed by atoms with Gasteiger partial charge in [-0.3, -0.25) is 14.3 Å². The first-order chi connectivity index (χ1) is 14.6. The SMILES string of the molecule is O=c1[nH]c(=O)n(Cc2ccccc2)c(O)c1C1=NN[C@H](c2c[nH]c3ccccc23)C1. The second-order valence-electron chi connectivity index (χ2n) is 7.26. The molecule has 5 rings (SSSR count). The van der Waals surface area contributed by atoms with E-state index in [0.717, 1.165) is 26.6 Å². The molecule has 0 bridgehead atoms. The molecule has 0 amide bonds. The van der Waals surface area contributed by atoms with Gasteiger partial charge in [-0.2, -0.15) is 5.10 Å². The Kier molecular flexibility index (Phi) is 4.24. The lowest BCUT2D eigenvalue weighted by atomic mass is 9.99. The summed E-state index contributed by atoms with van der Waals surface area (Å²) in [7, 11) is 0. The van der Waals surface area contributed by atoms with E-state index in [1.54, 1.807) is 0 Å². The van der Waals surface area contributed by atoms with Crippen molar-refractivity contribution in [3.63, 3.8) is 0 Å². The minimum Gasteiger partial charge on any atom is -0.494 e. The highest BCUT2D eigenvalue weighted by Crippen LogP contribution is 2.30. The first-order valence-electron chi connectivity index (χ1n) is 9.60. The molecule has 1 aliphatic rings. The lowest BCUT2D eigenvalue weighted by Crippen LogP contribution is -2.34. The second-order valence-corrected chi connectivity index (χ2v) is 7.26. The molecule has 0 radical (unpaired) electrons. The fourth-order valence-electron chi connectivity index (χ4n) is 3.89. The molecule has 0 aliphatic carbocycles. The Morgan fingerprint density at radius 1 is 1.07 bits per heavy atom. The summed E-state index contributed by atoms with van der Waals surface area (Å²) in [6.45, 7) is 0.141. The number of hydrazone groups is 1. The van der Waals surface area contributed by atoms with Gasteiger partial charge in [0.25, 0.3) is 5.56 Å². The topological polar surface area (TPSA) is 115 Å². The normalized spacial score (nSPS) is 15.9. The number of aromatic hydroxyl groups is 1. The van der Waals surface area contributed by atoms with E-state index < -0.39 is 11.2 Å². The maximum absolute atomic E-state index is 12.5. The van der Waals surface area contributed by atoms with E-state index >= 15 is 0 Å². The van der Waals surface area contributed by atoms with Gasteiger partial charge in [0.2, 0.25) is 5.88 Å². The van der Waals surface area contributed by atoms with Gasteiger partial charge < -0.3 is 15.5 Å². The van der Waals surface area contributed by atoms with Gasteiger partial charge in [-0.05, 0) is 11.6 Å². The quantitative estimate of drug-likeness (QED) is 0.420. The Bertz CT molecular complexity index is 1380. The Balaban J connectivity index is 1.49. The Morgan fingerprint density at radius 3 is 2.67 bits per heavy atom. The van der Waals surface area contributed by atoms with Crippen LogP contribution in [0.4, 0.5) is 0 Å². The van der Waals surface area contributed by atoms with Crippen molar-refractivity contribution in [1.82, 2.24) is 20.0 Å². The summed E-state index contributed by atoms with van der Waals surface area (Å²) < 4.78 is 1.15. The van der Waals surface area contributed by atoms with Crippen molar-refractivity contribution >= 4 is 16.6 Å². The molecule has 1 atom stereocenters. The average Bonchev–Trinajstić information content (AvgIpc) is 3.39. The molecule has 0 saturated carbocycles. The number of hydrogen-bond donors (Lipinski definition) is 4. The predicted octanol–water partition coefficient (Wildman–Crippen LogP) is 2.21. The van der Waals surface area contributed by atoms with Crippen molar-refractivity contribution < 1.29 is 5.11 Å². The zero-order valence-corrected chi connectivity index (χ0v) is 15.9. The van der Waals surface area contributed by atoms with E-state index in [1.807, 2.05) is 60.8 Å². The first kappa shape index (κ1) is 18.0. The number of nitrogens with zero attached hydrogens (tertiary/aromatic N) is 2. The molecule has 0 saturated heterocycles. The summed E-state index contributed by atoms with van der Waals surface area (Å²) in [6, 6.07) is 17.0. The van der Waals surface area contributed by atoms with Crippen LogP contribution in [-0.2, 0) is 6.54 Å². The van der Waals surface area contributed by atoms with Crippen LogP contribution < -0.4 is 16.7 Å². The molecule has 1 aliphatic heterocycles. The molecule has 2 aromatic carbocycles. The molecule has 8 nitrogen and oxygen atoms in total. The highest BCUT2D eigenvalue weighted by molar-refractivity contribution is 6.03. The lowest BCUT2D eigenvalue weighted by Gasteiger charge is -2.12. The van der Waals surface area contributed by atoms with Crippen molar-refractivity contribution in [2.24, 2.45) is 5.10 Å². The van der Waals surface area contributed by atoms with E-state index in [9.17, 15) is 14.7 Å². The zero-order valence-electron chi connectivity index (χ0n) is 15.9. The number of nitrogens with one attached hydrogen (secondary N) is 3. The van der Waals surface area contributed by atoms with Crippen LogP contribution in [0, 0.1) is 0 Å². The summed E-state index contributed by atoms with van der Waals surface area (Å²) in [4.78, 5) is 30.4. The van der Waals surface area contributed by atoms with Crippen molar-refractivity contribution in [1.29, 1.82) is 0 Å². The van der Waals surface area contributed by atoms with Crippen LogP contribution in [0.3, 0.4) is 0 Å². The third kappa shape index (κ3) is 2.98. The number of aromatic nitrogens is 3. The van der Waals surface area contributed by atoms with E-state index in [2.05, 4.69) is 20.5 Å². The maximum Gasteiger partial charge on any atom is 0.331 e. The summed E-state index contributed by atoms with van der Waals surface area (Å²) in [5.74, 6) is -0.382. The minimum atomic E-state index is -0.662. The maximum atomic E-state index is 12.5. The predicted molar refractivity (Wildman–Crippen MR) is 114 cm³/mol. The van der Waals surface area contributed by atoms with Gasteiger partial charge in [0.15, 0.2) is 0 Å². The van der Waals surface area contributed by atoms with Gasteiger partial charge in [-0.15, -0.1) is 0 Å². The van der Waals surface area contributed by atoms with Crippen molar-refractivity contribution in [2.75, 3.05) is 0 Å². The first-order valence-corrected chi connectivity index (χ1v) is 9.60. The van der Waals surface area contributed by atoms with Crippen LogP contribution >= 0.6 is 0 Å². The van der Waals surface area contributed by atoms with E-state index in [1.165, 1.54) is 0 Å². The standard InChI is InChI=1S/C22H19N5O3/c28-20-19(21(29)27(22(30)24-20)12-13-6-2-1-3-7-13)18-10-17(25-26-18)15-11-23-16-9-5-4-8-14(15)16/h1-9,11,17,23,25,29H,10,12H2,(H,24,28,30)/t17-/m0/s1. The number of fused-ring (bicyclic) bond motifs is 1. The molecule has 4 N–H and O–H groups in total. The van der Waals surface area contributed by atoms with Crippen LogP contribution in [-0.4, -0.2) is 25.4 Å². The number of rotatable bonds is 4. The number of aromatic amines is 2. The summed E-state index contributed by atoms with van der Waals surface area (Å²) in [5, 5.41) is 16.2. The largest absolute Gasteiger partial charge is 0.494 e. The van der Waals surface area contributed by atoms with Gasteiger partial charge >= 0.3 is 5.69 Å². The molecule has 3 heterocycles. The van der Waals surface area contributed by atoms with E-state index in [0.29, 0.717) is 12.1 Å². The molecule has 150 valence electrons. The zero-order chi connectivity index (χ0) is 20.7. The molecule has 0 spiro atoms. The van der Waals surface area contributed by atoms with Crippen molar-refractivity contribution in [3.05, 3.63) is 98.3 Å². The Labute approximate surface area is 170 Å². The van der Waals surface area contributed by atoms with Gasteiger partial charge in [-0.1, -0.05) is 48.5 Å². The Morgan fingerprint density at radius 2 is 1.83 bits per heavy atom. The number of benzene rings is 2. The number of H-pyrrole nitrogens is 2. The molecule has 0 unspecified atom stereocenters. The number of hydrogen-bond acceptors (Lipinski definition) is 5. The summed E-state index contributed by atoms with van der Waals surface area (Å²) in [6.07, 6.45) is 2.32. The molecule has 30 heavy (non-hydrogen) atoms. The lowest BCUT2D eigenvalue weighted by molar-refractivity contribution is 0.408. The van der Waals surface area contributed by atoms with E-state index in [-0.39, 0.29) is 24.0 Å². The van der Waals surface area contributed by atoms with Crippen molar-refractivity contribution in [2.45, 2.75) is 19.0 Å². The fourth-order valence-corrected chi connectivity index (χ4v) is 3.89. The second kappa shape index (κ2) is 7.07. The van der Waals surface area contributed by atoms with Gasteiger partial charge in [0.1, 0.15) is 5.56 Å². The Hall–Kier alpha value is -4.07. The van der Waals surface area contributed by atoms with Gasteiger partial charge in [0, 0.05) is 29.1 Å². The molecular weight excluding hydrogens is 382 g/mol. The summed E-state index contributed by atoms with van der Waals surface area (Å²) >= 11 is 0. The van der Waals surface area contributed by atoms with Crippen LogP contribution in [0.25, 0.3) is 10.9 Å². The van der Waals surface area contributed by atoms with Crippen LogP contribution in [0.1, 0.15) is 29.2 Å². The minimum absolute atomic E-state index is 0.0142. The van der Waals surface area contributed by atoms with Crippen molar-refractivity contribution in [3.8, 4) is 5.88 Å². The molecule has 4 aromatic rings. The van der Waals surface area contributed by atoms with Crippen LogP contribution in [0.2, 0.25) is 0 Å². The van der Waals surface area contributed by atoms with E-state index in [4.69, 9.17) is 0 Å². The third-order valence-corrected chi connectivity index (χ3v) is 5.39. The molecule has 8 heteroatoms. The smallest absolute Gasteiger partial charge is 0.331 e.